The van der Waals surface area contributed by atoms with Gasteiger partial charge in [0.1, 0.15) is 5.75 Å². The summed E-state index contributed by atoms with van der Waals surface area (Å²) in [6, 6.07) is 3.94. The van der Waals surface area contributed by atoms with Crippen molar-refractivity contribution in [2.75, 3.05) is 19.8 Å². The number of ether oxygens (including phenoxy) is 2. The molecule has 0 amide bonds. The van der Waals surface area contributed by atoms with Crippen molar-refractivity contribution in [1.82, 2.24) is 4.98 Å². The van der Waals surface area contributed by atoms with E-state index in [9.17, 15) is 0 Å². The number of hydrogen-bond acceptors (Lipinski definition) is 4. The van der Waals surface area contributed by atoms with Gasteiger partial charge >= 0.3 is 0 Å². The Morgan fingerprint density at radius 2 is 2.39 bits per heavy atom. The van der Waals surface area contributed by atoms with E-state index in [1.807, 2.05) is 12.1 Å². The van der Waals surface area contributed by atoms with Gasteiger partial charge in [-0.3, -0.25) is 4.98 Å². The molecule has 0 aromatic carbocycles. The molecule has 0 radical (unpaired) electrons. The Morgan fingerprint density at radius 1 is 1.44 bits per heavy atom. The molecule has 1 saturated heterocycles. The minimum atomic E-state index is 0.457. The van der Waals surface area contributed by atoms with Crippen molar-refractivity contribution in [3.8, 4) is 5.75 Å². The molecule has 1 aromatic rings. The van der Waals surface area contributed by atoms with E-state index in [2.05, 4.69) is 4.98 Å². The van der Waals surface area contributed by atoms with E-state index in [4.69, 9.17) is 15.2 Å². The van der Waals surface area contributed by atoms with Crippen LogP contribution in [0.2, 0.25) is 0 Å². The maximum atomic E-state index is 5.65. The van der Waals surface area contributed by atoms with E-state index >= 15 is 0 Å². The molecule has 100 valence electrons. The molecule has 2 N–H and O–H groups in total. The molecular weight excluding hydrogens is 228 g/mol. The number of rotatable bonds is 7. The average Bonchev–Trinajstić information content (AvgIpc) is 2.90. The SMILES string of the molecule is NCCc1ccc(OCCCC2CCCO2)cn1. The zero-order valence-corrected chi connectivity index (χ0v) is 10.8. The predicted octanol–water partition coefficient (Wildman–Crippen LogP) is 1.92. The van der Waals surface area contributed by atoms with E-state index < -0.39 is 0 Å². The Kier molecular flexibility index (Phi) is 5.42. The summed E-state index contributed by atoms with van der Waals surface area (Å²) >= 11 is 0. The lowest BCUT2D eigenvalue weighted by Crippen LogP contribution is -2.08. The van der Waals surface area contributed by atoms with Crippen LogP contribution in [0.4, 0.5) is 0 Å². The molecule has 0 aliphatic carbocycles. The number of nitrogens with zero attached hydrogens (tertiary/aromatic N) is 1. The monoisotopic (exact) mass is 250 g/mol. The van der Waals surface area contributed by atoms with Crippen LogP contribution in [0, 0.1) is 0 Å². The highest BCUT2D eigenvalue weighted by Crippen LogP contribution is 2.17. The van der Waals surface area contributed by atoms with Gasteiger partial charge < -0.3 is 15.2 Å². The third-order valence-corrected chi connectivity index (χ3v) is 3.16. The van der Waals surface area contributed by atoms with Crippen LogP contribution in [0.5, 0.6) is 5.75 Å². The Morgan fingerprint density at radius 3 is 3.06 bits per heavy atom. The Balaban J connectivity index is 1.63. The van der Waals surface area contributed by atoms with Crippen molar-refractivity contribution in [1.29, 1.82) is 0 Å². The summed E-state index contributed by atoms with van der Waals surface area (Å²) in [5, 5.41) is 0. The number of aromatic nitrogens is 1. The summed E-state index contributed by atoms with van der Waals surface area (Å²) < 4.78 is 11.2. The van der Waals surface area contributed by atoms with Gasteiger partial charge in [-0.1, -0.05) is 0 Å². The quantitative estimate of drug-likeness (QED) is 0.751. The highest BCUT2D eigenvalue weighted by atomic mass is 16.5. The largest absolute Gasteiger partial charge is 0.492 e. The fourth-order valence-electron chi connectivity index (χ4n) is 2.17. The Labute approximate surface area is 108 Å². The lowest BCUT2D eigenvalue weighted by atomic mass is 10.1. The van der Waals surface area contributed by atoms with Gasteiger partial charge in [-0.25, -0.2) is 0 Å². The first-order valence-corrected chi connectivity index (χ1v) is 6.78. The van der Waals surface area contributed by atoms with E-state index in [0.29, 0.717) is 12.6 Å². The van der Waals surface area contributed by atoms with Crippen molar-refractivity contribution >= 4 is 0 Å². The average molecular weight is 250 g/mol. The molecule has 2 rings (SSSR count). The zero-order valence-electron chi connectivity index (χ0n) is 10.8. The van der Waals surface area contributed by atoms with Crippen LogP contribution in [0.1, 0.15) is 31.4 Å². The van der Waals surface area contributed by atoms with Crippen LogP contribution in [0.15, 0.2) is 18.3 Å². The van der Waals surface area contributed by atoms with E-state index in [1.165, 1.54) is 12.8 Å². The molecular formula is C14H22N2O2. The smallest absolute Gasteiger partial charge is 0.137 e. The summed E-state index contributed by atoms with van der Waals surface area (Å²) in [5.41, 5.74) is 6.49. The van der Waals surface area contributed by atoms with Crippen molar-refractivity contribution in [2.24, 2.45) is 5.73 Å². The van der Waals surface area contributed by atoms with Gasteiger partial charge in [-0.2, -0.15) is 0 Å². The molecule has 4 nitrogen and oxygen atoms in total. The number of hydrogen-bond donors (Lipinski definition) is 1. The van der Waals surface area contributed by atoms with Crippen LogP contribution in [0.3, 0.4) is 0 Å². The third kappa shape index (κ3) is 4.27. The Hall–Kier alpha value is -1.13. The lowest BCUT2D eigenvalue weighted by Gasteiger charge is -2.10. The van der Waals surface area contributed by atoms with Gasteiger partial charge in [0.05, 0.1) is 18.9 Å². The lowest BCUT2D eigenvalue weighted by molar-refractivity contribution is 0.0981. The molecule has 1 fully saturated rings. The second kappa shape index (κ2) is 7.34. The van der Waals surface area contributed by atoms with E-state index in [1.54, 1.807) is 6.20 Å². The van der Waals surface area contributed by atoms with Gasteiger partial charge in [0.25, 0.3) is 0 Å². The second-order valence-electron chi connectivity index (χ2n) is 4.65. The molecule has 1 aliphatic heterocycles. The molecule has 1 aromatic heterocycles. The highest BCUT2D eigenvalue weighted by Gasteiger charge is 2.14. The van der Waals surface area contributed by atoms with E-state index in [-0.39, 0.29) is 0 Å². The summed E-state index contributed by atoms with van der Waals surface area (Å²) in [4.78, 5) is 4.29. The summed E-state index contributed by atoms with van der Waals surface area (Å²) in [7, 11) is 0. The molecule has 18 heavy (non-hydrogen) atoms. The highest BCUT2D eigenvalue weighted by molar-refractivity contribution is 5.19. The number of nitrogens with two attached hydrogens (primary N) is 1. The van der Waals surface area contributed by atoms with Crippen molar-refractivity contribution in [3.05, 3.63) is 24.0 Å². The molecule has 1 atom stereocenters. The molecule has 4 heteroatoms. The van der Waals surface area contributed by atoms with Crippen molar-refractivity contribution in [3.63, 3.8) is 0 Å². The van der Waals surface area contributed by atoms with Gasteiger partial charge in [-0.05, 0) is 44.4 Å². The van der Waals surface area contributed by atoms with Crippen LogP contribution in [-0.2, 0) is 11.2 Å². The summed E-state index contributed by atoms with van der Waals surface area (Å²) in [5.74, 6) is 0.836. The maximum Gasteiger partial charge on any atom is 0.137 e. The summed E-state index contributed by atoms with van der Waals surface area (Å²) in [6.07, 6.45) is 7.59. The molecule has 2 heterocycles. The normalized spacial score (nSPS) is 19.1. The fourth-order valence-corrected chi connectivity index (χ4v) is 2.17. The minimum Gasteiger partial charge on any atom is -0.492 e. The fraction of sp³-hybridized carbons (Fsp3) is 0.643. The first-order valence-electron chi connectivity index (χ1n) is 6.78. The van der Waals surface area contributed by atoms with Gasteiger partial charge in [0.2, 0.25) is 0 Å². The van der Waals surface area contributed by atoms with Gasteiger partial charge in [0, 0.05) is 18.7 Å². The van der Waals surface area contributed by atoms with Crippen LogP contribution < -0.4 is 10.5 Å². The molecule has 1 unspecified atom stereocenters. The molecule has 0 spiro atoms. The Bertz CT molecular complexity index is 334. The molecule has 0 saturated carbocycles. The minimum absolute atomic E-state index is 0.457. The maximum absolute atomic E-state index is 5.65. The molecule has 0 bridgehead atoms. The first-order chi connectivity index (χ1) is 8.88. The van der Waals surface area contributed by atoms with Gasteiger partial charge in [-0.15, -0.1) is 0 Å². The standard InChI is InChI=1S/C14H22N2O2/c15-8-7-12-5-6-14(11-16-12)18-10-2-4-13-3-1-9-17-13/h5-6,11,13H,1-4,7-10,15H2. The van der Waals surface area contributed by atoms with Crippen molar-refractivity contribution in [2.45, 2.75) is 38.2 Å². The van der Waals surface area contributed by atoms with E-state index in [0.717, 1.165) is 43.9 Å². The van der Waals surface area contributed by atoms with Crippen LogP contribution in [0.25, 0.3) is 0 Å². The predicted molar refractivity (Wildman–Crippen MR) is 70.7 cm³/mol. The van der Waals surface area contributed by atoms with Crippen LogP contribution >= 0.6 is 0 Å². The zero-order chi connectivity index (χ0) is 12.6. The van der Waals surface area contributed by atoms with Crippen LogP contribution in [-0.4, -0.2) is 30.8 Å². The number of pyridine rings is 1. The summed E-state index contributed by atoms with van der Waals surface area (Å²) in [6.45, 7) is 2.30. The third-order valence-electron chi connectivity index (χ3n) is 3.16. The molecule has 1 aliphatic rings. The van der Waals surface area contributed by atoms with Crippen molar-refractivity contribution < 1.29 is 9.47 Å². The first kappa shape index (κ1) is 13.3. The van der Waals surface area contributed by atoms with Gasteiger partial charge in [0.15, 0.2) is 0 Å². The topological polar surface area (TPSA) is 57.4 Å². The second-order valence-corrected chi connectivity index (χ2v) is 4.65.